The minimum absolute atomic E-state index is 0.460. The monoisotopic (exact) mass is 475 g/mol. The number of halogens is 2. The van der Waals surface area contributed by atoms with Crippen molar-refractivity contribution in [2.75, 3.05) is 52.7 Å². The minimum Gasteiger partial charge on any atom is -0.474 e. The van der Waals surface area contributed by atoms with Crippen molar-refractivity contribution in [1.29, 1.82) is 0 Å². The van der Waals surface area contributed by atoms with E-state index < -0.39 is 11.9 Å². The van der Waals surface area contributed by atoms with Gasteiger partial charge in [0, 0.05) is 31.9 Å². The number of hydrogen-bond acceptors (Lipinski definition) is 7. The van der Waals surface area contributed by atoms with Crippen LogP contribution in [0.2, 0.25) is 10.0 Å². The van der Waals surface area contributed by atoms with E-state index in [9.17, 15) is 0 Å². The van der Waals surface area contributed by atoms with Gasteiger partial charge in [0.05, 0.1) is 42.2 Å². The third-order valence-electron chi connectivity index (χ3n) is 4.05. The van der Waals surface area contributed by atoms with Crippen LogP contribution in [0.15, 0.2) is 30.5 Å². The summed E-state index contributed by atoms with van der Waals surface area (Å²) in [4.78, 5) is 20.5. The minimum atomic E-state index is -1.82. The van der Waals surface area contributed by atoms with Crippen molar-refractivity contribution in [3.63, 3.8) is 0 Å². The molecule has 2 aromatic rings. The van der Waals surface area contributed by atoms with Gasteiger partial charge in [-0.2, -0.15) is 0 Å². The lowest BCUT2D eigenvalue weighted by Gasteiger charge is -2.26. The predicted molar refractivity (Wildman–Crippen MR) is 112 cm³/mol. The van der Waals surface area contributed by atoms with Gasteiger partial charge in [0.1, 0.15) is 6.61 Å². The third kappa shape index (κ3) is 9.11. The van der Waals surface area contributed by atoms with Crippen molar-refractivity contribution < 1.29 is 34.0 Å². The van der Waals surface area contributed by atoms with Gasteiger partial charge in [-0.05, 0) is 18.2 Å². The lowest BCUT2D eigenvalue weighted by molar-refractivity contribution is -0.159. The average molecular weight is 476 g/mol. The molecule has 31 heavy (non-hydrogen) atoms. The van der Waals surface area contributed by atoms with Crippen LogP contribution in [0.3, 0.4) is 0 Å². The number of ether oxygens (including phenoxy) is 3. The lowest BCUT2D eigenvalue weighted by atomic mass is 10.3. The van der Waals surface area contributed by atoms with Crippen molar-refractivity contribution in [2.24, 2.45) is 0 Å². The number of rotatable bonds is 8. The highest BCUT2D eigenvalue weighted by atomic mass is 35.5. The molecule has 2 heterocycles. The van der Waals surface area contributed by atoms with Gasteiger partial charge in [-0.25, -0.2) is 14.3 Å². The Balaban J connectivity index is 0.000000501. The number of morpholine rings is 1. The Morgan fingerprint density at radius 1 is 1.03 bits per heavy atom. The van der Waals surface area contributed by atoms with Gasteiger partial charge in [-0.3, -0.25) is 4.90 Å². The van der Waals surface area contributed by atoms with Crippen LogP contribution in [0.25, 0.3) is 5.69 Å². The van der Waals surface area contributed by atoms with Gasteiger partial charge in [0.15, 0.2) is 0 Å². The van der Waals surface area contributed by atoms with Crippen LogP contribution < -0.4 is 4.74 Å². The summed E-state index contributed by atoms with van der Waals surface area (Å²) in [6.45, 7) is 6.19. The fourth-order valence-electron chi connectivity index (χ4n) is 2.48. The molecule has 1 aromatic heterocycles. The molecule has 0 spiro atoms. The van der Waals surface area contributed by atoms with E-state index in [1.807, 2.05) is 12.3 Å². The first-order chi connectivity index (χ1) is 14.9. The standard InChI is InChI=1S/C17H21Cl2N3O3.C2H2O4/c18-15-2-1-14(13-16(15)19)22-4-3-17(20-22)25-12-11-24-10-7-21-5-8-23-9-6-21;3-1(4)2(5)6/h1-4,13H,5-12H2;(H,3,4)(H,5,6). The van der Waals surface area contributed by atoms with Crippen LogP contribution in [0.4, 0.5) is 0 Å². The van der Waals surface area contributed by atoms with E-state index in [1.165, 1.54) is 0 Å². The first kappa shape index (κ1) is 24.9. The van der Waals surface area contributed by atoms with E-state index in [4.69, 9.17) is 57.2 Å². The summed E-state index contributed by atoms with van der Waals surface area (Å²) in [5.74, 6) is -3.10. The molecule has 1 fully saturated rings. The molecule has 1 aromatic carbocycles. The number of nitrogens with zero attached hydrogens (tertiary/aromatic N) is 3. The SMILES string of the molecule is Clc1ccc(-n2ccc(OCCOCCN3CCOCC3)n2)cc1Cl.O=C(O)C(=O)O. The Kier molecular flexibility index (Phi) is 10.5. The molecule has 1 saturated heterocycles. The van der Waals surface area contributed by atoms with E-state index >= 15 is 0 Å². The van der Waals surface area contributed by atoms with Gasteiger partial charge < -0.3 is 24.4 Å². The Hall–Kier alpha value is -2.37. The maximum atomic E-state index is 9.10. The Bertz CT molecular complexity index is 845. The maximum absolute atomic E-state index is 9.10. The van der Waals surface area contributed by atoms with Crippen molar-refractivity contribution in [2.45, 2.75) is 0 Å². The molecule has 0 aliphatic carbocycles. The summed E-state index contributed by atoms with van der Waals surface area (Å²) in [6, 6.07) is 7.15. The lowest BCUT2D eigenvalue weighted by Crippen LogP contribution is -2.38. The molecular formula is C19H23Cl2N3O7. The first-order valence-electron chi connectivity index (χ1n) is 9.35. The molecule has 12 heteroatoms. The van der Waals surface area contributed by atoms with Gasteiger partial charge in [0.2, 0.25) is 5.88 Å². The summed E-state index contributed by atoms with van der Waals surface area (Å²) >= 11 is 12.0. The molecule has 0 amide bonds. The number of carbonyl (C=O) groups is 2. The summed E-state index contributed by atoms with van der Waals surface area (Å²) in [6.07, 6.45) is 1.81. The molecular weight excluding hydrogens is 453 g/mol. The predicted octanol–water partition coefficient (Wildman–Crippen LogP) is 2.06. The van der Waals surface area contributed by atoms with Crippen LogP contribution in [0, 0.1) is 0 Å². The van der Waals surface area contributed by atoms with Crippen molar-refractivity contribution in [1.82, 2.24) is 14.7 Å². The number of aliphatic carboxylic acids is 2. The fraction of sp³-hybridized carbons (Fsp3) is 0.421. The molecule has 2 N–H and O–H groups in total. The van der Waals surface area contributed by atoms with Gasteiger partial charge in [-0.1, -0.05) is 23.2 Å². The Morgan fingerprint density at radius 2 is 1.74 bits per heavy atom. The second-order valence-electron chi connectivity index (χ2n) is 6.22. The maximum Gasteiger partial charge on any atom is 0.414 e. The molecule has 0 bridgehead atoms. The number of aromatic nitrogens is 2. The number of carboxylic acid groups (broad SMARTS) is 2. The van der Waals surface area contributed by atoms with Crippen molar-refractivity contribution in [3.05, 3.63) is 40.5 Å². The molecule has 10 nitrogen and oxygen atoms in total. The molecule has 0 unspecified atom stereocenters. The number of hydrogen-bond donors (Lipinski definition) is 2. The quantitative estimate of drug-likeness (QED) is 0.435. The van der Waals surface area contributed by atoms with Gasteiger partial charge >= 0.3 is 11.9 Å². The van der Waals surface area contributed by atoms with Crippen LogP contribution in [0.5, 0.6) is 5.88 Å². The van der Waals surface area contributed by atoms with Crippen LogP contribution in [0.1, 0.15) is 0 Å². The second kappa shape index (κ2) is 13.1. The third-order valence-corrected chi connectivity index (χ3v) is 4.79. The highest BCUT2D eigenvalue weighted by Gasteiger charge is 2.09. The number of carboxylic acids is 2. The Morgan fingerprint density at radius 3 is 2.39 bits per heavy atom. The van der Waals surface area contributed by atoms with E-state index in [1.54, 1.807) is 22.9 Å². The Labute approximate surface area is 188 Å². The summed E-state index contributed by atoms with van der Waals surface area (Å²) in [5, 5.41) is 20.1. The van der Waals surface area contributed by atoms with E-state index in [0.29, 0.717) is 35.7 Å². The molecule has 170 valence electrons. The van der Waals surface area contributed by atoms with Gasteiger partial charge in [-0.15, -0.1) is 5.10 Å². The van der Waals surface area contributed by atoms with Gasteiger partial charge in [0.25, 0.3) is 0 Å². The zero-order valence-electron chi connectivity index (χ0n) is 16.6. The molecule has 0 atom stereocenters. The zero-order chi connectivity index (χ0) is 22.6. The summed E-state index contributed by atoms with van der Waals surface area (Å²) < 4.78 is 18.2. The largest absolute Gasteiger partial charge is 0.474 e. The van der Waals surface area contributed by atoms with E-state index in [-0.39, 0.29) is 0 Å². The van der Waals surface area contributed by atoms with Crippen molar-refractivity contribution in [3.8, 4) is 11.6 Å². The van der Waals surface area contributed by atoms with Crippen molar-refractivity contribution >= 4 is 35.1 Å². The molecule has 0 saturated carbocycles. The van der Waals surface area contributed by atoms with Crippen LogP contribution in [-0.4, -0.2) is 89.5 Å². The van der Waals surface area contributed by atoms with Crippen LogP contribution in [-0.2, 0) is 19.1 Å². The molecule has 3 rings (SSSR count). The normalized spacial score (nSPS) is 13.9. The summed E-state index contributed by atoms with van der Waals surface area (Å²) in [7, 11) is 0. The zero-order valence-corrected chi connectivity index (χ0v) is 18.1. The first-order valence-corrected chi connectivity index (χ1v) is 10.1. The fourth-order valence-corrected chi connectivity index (χ4v) is 2.77. The second-order valence-corrected chi connectivity index (χ2v) is 7.04. The highest BCUT2D eigenvalue weighted by Crippen LogP contribution is 2.24. The number of benzene rings is 1. The topological polar surface area (TPSA) is 123 Å². The summed E-state index contributed by atoms with van der Waals surface area (Å²) in [5.41, 5.74) is 0.825. The smallest absolute Gasteiger partial charge is 0.414 e. The molecule has 1 aliphatic rings. The van der Waals surface area contributed by atoms with E-state index in [2.05, 4.69) is 10.00 Å². The van der Waals surface area contributed by atoms with E-state index in [0.717, 1.165) is 38.5 Å². The highest BCUT2D eigenvalue weighted by molar-refractivity contribution is 6.42. The molecule has 1 aliphatic heterocycles. The molecule has 0 radical (unpaired) electrons. The average Bonchev–Trinajstić information content (AvgIpc) is 3.22. The van der Waals surface area contributed by atoms with Crippen LogP contribution >= 0.6 is 23.2 Å².